The maximum Gasteiger partial charge on any atom is 0.0183 e. The number of rotatable bonds is 2. The Labute approximate surface area is 69.6 Å². The van der Waals surface area contributed by atoms with Crippen LogP contribution < -0.4 is 5.32 Å². The second-order valence-electron chi connectivity index (χ2n) is 5.32. The van der Waals surface area contributed by atoms with Crippen molar-refractivity contribution >= 4 is 0 Å². The van der Waals surface area contributed by atoms with Gasteiger partial charge in [0.15, 0.2) is 0 Å². The van der Waals surface area contributed by atoms with Crippen molar-refractivity contribution in [2.45, 2.75) is 52.6 Å². The average molecular weight is 153 g/mol. The molecular formula is C10H19N. The Bertz CT molecular complexity index is 163. The van der Waals surface area contributed by atoms with E-state index in [0.717, 1.165) is 12.1 Å². The van der Waals surface area contributed by atoms with Gasteiger partial charge in [-0.15, -0.1) is 0 Å². The van der Waals surface area contributed by atoms with Gasteiger partial charge in [0.1, 0.15) is 0 Å². The van der Waals surface area contributed by atoms with Crippen LogP contribution in [-0.4, -0.2) is 12.1 Å². The van der Waals surface area contributed by atoms with Gasteiger partial charge in [-0.3, -0.25) is 0 Å². The molecule has 0 radical (unpaired) electrons. The molecule has 2 fully saturated rings. The Morgan fingerprint density at radius 3 is 1.73 bits per heavy atom. The third kappa shape index (κ3) is 0.936. The van der Waals surface area contributed by atoms with Crippen LogP contribution in [0.25, 0.3) is 0 Å². The normalized spacial score (nSPS) is 33.8. The molecule has 0 saturated heterocycles. The molecule has 2 saturated carbocycles. The van der Waals surface area contributed by atoms with Crippen LogP contribution in [0.5, 0.6) is 0 Å². The number of hydrogen-bond donors (Lipinski definition) is 1. The van der Waals surface area contributed by atoms with Crippen LogP contribution in [0.15, 0.2) is 0 Å². The molecule has 0 heterocycles. The minimum Gasteiger partial charge on any atom is -0.310 e. The van der Waals surface area contributed by atoms with E-state index in [2.05, 4.69) is 33.0 Å². The lowest BCUT2D eigenvalue weighted by atomic mass is 10.0. The van der Waals surface area contributed by atoms with Gasteiger partial charge in [0, 0.05) is 12.1 Å². The minimum atomic E-state index is 0.523. The van der Waals surface area contributed by atoms with Gasteiger partial charge in [-0.1, -0.05) is 27.7 Å². The van der Waals surface area contributed by atoms with Crippen molar-refractivity contribution in [2.75, 3.05) is 0 Å². The van der Waals surface area contributed by atoms with Crippen molar-refractivity contribution in [2.24, 2.45) is 10.8 Å². The maximum atomic E-state index is 3.71. The van der Waals surface area contributed by atoms with E-state index in [9.17, 15) is 0 Å². The van der Waals surface area contributed by atoms with Crippen LogP contribution in [0.1, 0.15) is 40.5 Å². The lowest BCUT2D eigenvalue weighted by Gasteiger charge is -2.03. The first-order valence-electron chi connectivity index (χ1n) is 4.72. The molecule has 1 nitrogen and oxygen atoms in total. The first kappa shape index (κ1) is 7.60. The topological polar surface area (TPSA) is 12.0 Å². The first-order chi connectivity index (χ1) is 4.96. The summed E-state index contributed by atoms with van der Waals surface area (Å²) in [4.78, 5) is 0. The quantitative estimate of drug-likeness (QED) is 0.641. The van der Waals surface area contributed by atoms with Gasteiger partial charge in [0.2, 0.25) is 0 Å². The highest BCUT2D eigenvalue weighted by molar-refractivity contribution is 5.19. The highest BCUT2D eigenvalue weighted by Gasteiger charge is 2.65. The molecular weight excluding hydrogens is 134 g/mol. The van der Waals surface area contributed by atoms with E-state index in [1.807, 2.05) is 0 Å². The average Bonchev–Trinajstić information content (AvgIpc) is 2.70. The largest absolute Gasteiger partial charge is 0.310 e. The number of nitrogens with one attached hydrogen (secondary N) is 1. The van der Waals surface area contributed by atoms with Gasteiger partial charge in [-0.05, 0) is 23.7 Å². The number of hydrogen-bond acceptors (Lipinski definition) is 1. The van der Waals surface area contributed by atoms with Gasteiger partial charge in [0.25, 0.3) is 0 Å². The van der Waals surface area contributed by atoms with Crippen LogP contribution in [0.2, 0.25) is 0 Å². The zero-order valence-electron chi connectivity index (χ0n) is 8.07. The summed E-state index contributed by atoms with van der Waals surface area (Å²) in [6.07, 6.45) is 2.81. The van der Waals surface area contributed by atoms with Gasteiger partial charge >= 0.3 is 0 Å². The third-order valence-electron chi connectivity index (χ3n) is 4.00. The van der Waals surface area contributed by atoms with E-state index < -0.39 is 0 Å². The summed E-state index contributed by atoms with van der Waals surface area (Å²) in [5, 5.41) is 3.71. The predicted octanol–water partition coefficient (Wildman–Crippen LogP) is 2.17. The zero-order valence-corrected chi connectivity index (χ0v) is 8.07. The first-order valence-corrected chi connectivity index (χ1v) is 4.72. The summed E-state index contributed by atoms with van der Waals surface area (Å²) in [6, 6.07) is 1.63. The van der Waals surface area contributed by atoms with Crippen molar-refractivity contribution in [1.82, 2.24) is 5.32 Å². The Kier molecular flexibility index (Phi) is 1.26. The van der Waals surface area contributed by atoms with Crippen LogP contribution in [0, 0.1) is 10.8 Å². The molecule has 0 aromatic carbocycles. The zero-order chi connectivity index (χ0) is 8.28. The van der Waals surface area contributed by atoms with Crippen LogP contribution >= 0.6 is 0 Å². The summed E-state index contributed by atoms with van der Waals surface area (Å²) < 4.78 is 0. The van der Waals surface area contributed by atoms with Gasteiger partial charge in [-0.2, -0.15) is 0 Å². The Morgan fingerprint density at radius 1 is 1.00 bits per heavy atom. The fourth-order valence-electron chi connectivity index (χ4n) is 2.10. The molecule has 64 valence electrons. The molecule has 2 rings (SSSR count). The molecule has 0 amide bonds. The molecule has 0 aromatic heterocycles. The smallest absolute Gasteiger partial charge is 0.0183 e. The molecule has 1 N–H and O–H groups in total. The summed E-state index contributed by atoms with van der Waals surface area (Å²) >= 11 is 0. The van der Waals surface area contributed by atoms with Crippen LogP contribution in [0.3, 0.4) is 0 Å². The van der Waals surface area contributed by atoms with Gasteiger partial charge < -0.3 is 5.32 Å². The summed E-state index contributed by atoms with van der Waals surface area (Å²) in [5.41, 5.74) is 1.05. The monoisotopic (exact) mass is 153 g/mol. The summed E-state index contributed by atoms with van der Waals surface area (Å²) in [6.45, 7) is 9.47. The highest BCUT2D eigenvalue weighted by atomic mass is 15.1. The molecule has 0 spiro atoms. The molecule has 11 heavy (non-hydrogen) atoms. The van der Waals surface area contributed by atoms with Crippen molar-refractivity contribution in [3.8, 4) is 0 Å². The summed E-state index contributed by atoms with van der Waals surface area (Å²) in [7, 11) is 0. The van der Waals surface area contributed by atoms with Crippen molar-refractivity contribution in [3.05, 3.63) is 0 Å². The molecule has 0 unspecified atom stereocenters. The third-order valence-corrected chi connectivity index (χ3v) is 4.00. The van der Waals surface area contributed by atoms with Gasteiger partial charge in [0.05, 0.1) is 0 Å². The fraction of sp³-hybridized carbons (Fsp3) is 1.00. The van der Waals surface area contributed by atoms with Crippen molar-refractivity contribution in [3.63, 3.8) is 0 Å². The molecule has 1 heteroatoms. The van der Waals surface area contributed by atoms with Crippen LogP contribution in [-0.2, 0) is 0 Å². The van der Waals surface area contributed by atoms with E-state index in [-0.39, 0.29) is 0 Å². The van der Waals surface area contributed by atoms with Gasteiger partial charge in [-0.25, -0.2) is 0 Å². The molecule has 2 aliphatic rings. The van der Waals surface area contributed by atoms with E-state index in [1.165, 1.54) is 12.8 Å². The Balaban J connectivity index is 1.96. The molecule has 2 aliphatic carbocycles. The molecule has 0 aromatic rings. The lowest BCUT2D eigenvalue weighted by Crippen LogP contribution is -2.24. The van der Waals surface area contributed by atoms with E-state index >= 15 is 0 Å². The molecule has 0 aliphatic heterocycles. The second kappa shape index (κ2) is 1.82. The predicted molar refractivity (Wildman–Crippen MR) is 47.5 cm³/mol. The Hall–Kier alpha value is -0.0400. The minimum absolute atomic E-state index is 0.523. The van der Waals surface area contributed by atoms with Crippen molar-refractivity contribution in [1.29, 1.82) is 0 Å². The SMILES string of the molecule is CC1(C)C(NC2CC2)C1(C)C. The second-order valence-corrected chi connectivity index (χ2v) is 5.32. The lowest BCUT2D eigenvalue weighted by molar-refractivity contribution is 0.457. The van der Waals surface area contributed by atoms with Crippen LogP contribution in [0.4, 0.5) is 0 Å². The van der Waals surface area contributed by atoms with E-state index in [0.29, 0.717) is 10.8 Å². The standard InChI is InChI=1S/C10H19N/c1-9(2)8(10(9,3)4)11-7-5-6-7/h7-8,11H,5-6H2,1-4H3. The molecule has 0 bridgehead atoms. The molecule has 0 atom stereocenters. The van der Waals surface area contributed by atoms with E-state index in [1.54, 1.807) is 0 Å². The Morgan fingerprint density at radius 2 is 1.45 bits per heavy atom. The fourth-order valence-corrected chi connectivity index (χ4v) is 2.10. The van der Waals surface area contributed by atoms with E-state index in [4.69, 9.17) is 0 Å². The van der Waals surface area contributed by atoms with Crippen molar-refractivity contribution < 1.29 is 0 Å². The maximum absolute atomic E-state index is 3.71. The summed E-state index contributed by atoms with van der Waals surface area (Å²) in [5.74, 6) is 0. The highest BCUT2D eigenvalue weighted by Crippen LogP contribution is 2.63.